The Bertz CT molecular complexity index is 1200. The SMILES string of the molecule is O=C(CC(c1ccccc1)c1ccccc1)N1CCN(C(c2ccccc2)c2ccc(F)cc2)CC1. The predicted molar refractivity (Wildman–Crippen MR) is 142 cm³/mol. The molecule has 4 aromatic carbocycles. The van der Waals surface area contributed by atoms with Crippen molar-refractivity contribution in [3.05, 3.63) is 143 Å². The first-order valence-electron chi connectivity index (χ1n) is 12.6. The lowest BCUT2D eigenvalue weighted by atomic mass is 9.88. The van der Waals surface area contributed by atoms with Gasteiger partial charge in [0.2, 0.25) is 5.91 Å². The summed E-state index contributed by atoms with van der Waals surface area (Å²) in [5, 5.41) is 0. The van der Waals surface area contributed by atoms with Crippen molar-refractivity contribution < 1.29 is 9.18 Å². The van der Waals surface area contributed by atoms with Crippen molar-refractivity contribution in [2.45, 2.75) is 18.4 Å². The molecule has 1 saturated heterocycles. The van der Waals surface area contributed by atoms with Crippen LogP contribution >= 0.6 is 0 Å². The van der Waals surface area contributed by atoms with Crippen molar-refractivity contribution in [3.63, 3.8) is 0 Å². The van der Waals surface area contributed by atoms with E-state index in [1.54, 1.807) is 0 Å². The van der Waals surface area contributed by atoms with Crippen molar-refractivity contribution in [3.8, 4) is 0 Å². The number of hydrogen-bond donors (Lipinski definition) is 0. The highest BCUT2D eigenvalue weighted by atomic mass is 19.1. The van der Waals surface area contributed by atoms with Crippen LogP contribution in [0.1, 0.15) is 40.6 Å². The van der Waals surface area contributed by atoms with E-state index in [1.807, 2.05) is 71.6 Å². The second-order valence-electron chi connectivity index (χ2n) is 9.36. The fraction of sp³-hybridized carbons (Fsp3) is 0.219. The lowest BCUT2D eigenvalue weighted by Gasteiger charge is -2.40. The van der Waals surface area contributed by atoms with E-state index in [0.29, 0.717) is 19.5 Å². The molecule has 1 aliphatic rings. The summed E-state index contributed by atoms with van der Waals surface area (Å²) in [6.07, 6.45) is 0.452. The van der Waals surface area contributed by atoms with E-state index >= 15 is 0 Å². The Balaban J connectivity index is 1.30. The summed E-state index contributed by atoms with van der Waals surface area (Å²) in [5.41, 5.74) is 4.57. The molecule has 4 aromatic rings. The van der Waals surface area contributed by atoms with Crippen LogP contribution in [0.25, 0.3) is 0 Å². The Morgan fingerprint density at radius 3 is 1.56 bits per heavy atom. The van der Waals surface area contributed by atoms with Gasteiger partial charge in [-0.2, -0.15) is 0 Å². The smallest absolute Gasteiger partial charge is 0.223 e. The number of amides is 1. The molecule has 1 unspecified atom stereocenters. The van der Waals surface area contributed by atoms with Gasteiger partial charge >= 0.3 is 0 Å². The number of carbonyl (C=O) groups is 1. The minimum absolute atomic E-state index is 0.0328. The average Bonchev–Trinajstić information content (AvgIpc) is 2.95. The van der Waals surface area contributed by atoms with Crippen molar-refractivity contribution in [1.82, 2.24) is 9.80 Å². The first kappa shape index (κ1) is 24.0. The molecule has 0 radical (unpaired) electrons. The fourth-order valence-corrected chi connectivity index (χ4v) is 5.23. The molecule has 0 bridgehead atoms. The summed E-state index contributed by atoms with van der Waals surface area (Å²) in [5.74, 6) is -0.00743. The molecule has 5 rings (SSSR count). The fourth-order valence-electron chi connectivity index (χ4n) is 5.23. The number of piperazine rings is 1. The summed E-state index contributed by atoms with van der Waals surface area (Å²) in [6.45, 7) is 2.90. The highest BCUT2D eigenvalue weighted by Gasteiger charge is 2.29. The molecule has 0 aliphatic carbocycles. The van der Waals surface area contributed by atoms with Gasteiger partial charge in [-0.05, 0) is 34.4 Å². The van der Waals surface area contributed by atoms with Gasteiger partial charge in [0.05, 0.1) is 6.04 Å². The van der Waals surface area contributed by atoms with E-state index in [-0.39, 0.29) is 23.7 Å². The van der Waals surface area contributed by atoms with E-state index in [0.717, 1.165) is 29.8 Å². The zero-order valence-electron chi connectivity index (χ0n) is 20.3. The van der Waals surface area contributed by atoms with Crippen molar-refractivity contribution in [1.29, 1.82) is 0 Å². The Morgan fingerprint density at radius 2 is 1.06 bits per heavy atom. The van der Waals surface area contributed by atoms with Crippen LogP contribution in [0.4, 0.5) is 4.39 Å². The third kappa shape index (κ3) is 5.55. The van der Waals surface area contributed by atoms with Crippen LogP contribution in [0.5, 0.6) is 0 Å². The van der Waals surface area contributed by atoms with Crippen LogP contribution in [0.3, 0.4) is 0 Å². The molecule has 182 valence electrons. The Hall–Kier alpha value is -3.76. The Morgan fingerprint density at radius 1 is 0.611 bits per heavy atom. The van der Waals surface area contributed by atoms with Gasteiger partial charge in [-0.3, -0.25) is 9.69 Å². The van der Waals surface area contributed by atoms with Crippen LogP contribution in [0.15, 0.2) is 115 Å². The maximum atomic E-state index is 13.6. The van der Waals surface area contributed by atoms with E-state index in [2.05, 4.69) is 41.3 Å². The summed E-state index contributed by atoms with van der Waals surface area (Å²) in [6, 6.07) is 37.8. The molecule has 1 amide bonds. The van der Waals surface area contributed by atoms with Crippen LogP contribution in [0, 0.1) is 5.82 Å². The van der Waals surface area contributed by atoms with E-state index in [1.165, 1.54) is 17.7 Å². The molecule has 0 saturated carbocycles. The monoisotopic (exact) mass is 478 g/mol. The Kier molecular flexibility index (Phi) is 7.53. The Labute approximate surface area is 212 Å². The molecule has 1 aliphatic heterocycles. The maximum Gasteiger partial charge on any atom is 0.223 e. The van der Waals surface area contributed by atoms with Gasteiger partial charge < -0.3 is 4.90 Å². The molecule has 1 fully saturated rings. The number of carbonyl (C=O) groups excluding carboxylic acids is 1. The van der Waals surface area contributed by atoms with E-state index < -0.39 is 0 Å². The van der Waals surface area contributed by atoms with Gasteiger partial charge in [-0.25, -0.2) is 4.39 Å². The minimum Gasteiger partial charge on any atom is -0.340 e. The second kappa shape index (κ2) is 11.3. The number of nitrogens with zero attached hydrogens (tertiary/aromatic N) is 2. The largest absolute Gasteiger partial charge is 0.340 e. The molecule has 0 aromatic heterocycles. The molecule has 0 spiro atoms. The molecule has 4 heteroatoms. The molecule has 36 heavy (non-hydrogen) atoms. The lowest BCUT2D eigenvalue weighted by molar-refractivity contribution is -0.133. The topological polar surface area (TPSA) is 23.6 Å². The molecular formula is C32H31FN2O. The van der Waals surface area contributed by atoms with Crippen molar-refractivity contribution in [2.24, 2.45) is 0 Å². The van der Waals surface area contributed by atoms with Crippen LogP contribution in [0.2, 0.25) is 0 Å². The van der Waals surface area contributed by atoms with Gasteiger partial charge in [0.15, 0.2) is 0 Å². The van der Waals surface area contributed by atoms with E-state index in [9.17, 15) is 9.18 Å². The number of halogens is 1. The zero-order chi connectivity index (χ0) is 24.7. The van der Waals surface area contributed by atoms with Crippen LogP contribution in [-0.2, 0) is 4.79 Å². The lowest BCUT2D eigenvalue weighted by Crippen LogP contribution is -2.50. The van der Waals surface area contributed by atoms with Crippen molar-refractivity contribution >= 4 is 5.91 Å². The third-order valence-corrected chi connectivity index (χ3v) is 7.12. The number of hydrogen-bond acceptors (Lipinski definition) is 2. The highest BCUT2D eigenvalue weighted by molar-refractivity contribution is 5.78. The van der Waals surface area contributed by atoms with Crippen molar-refractivity contribution in [2.75, 3.05) is 26.2 Å². The number of rotatable bonds is 7. The molecule has 0 N–H and O–H groups in total. The van der Waals surface area contributed by atoms with Gasteiger partial charge in [0, 0.05) is 38.5 Å². The standard InChI is InChI=1S/C32H31FN2O/c33-29-18-16-28(17-19-29)32(27-14-8-3-9-15-27)35-22-20-34(21-23-35)31(36)24-30(25-10-4-1-5-11-25)26-12-6-2-7-13-26/h1-19,30,32H,20-24H2. The van der Waals surface area contributed by atoms with Gasteiger partial charge in [-0.1, -0.05) is 103 Å². The molecule has 1 atom stereocenters. The molecule has 3 nitrogen and oxygen atoms in total. The van der Waals surface area contributed by atoms with Gasteiger partial charge in [0.1, 0.15) is 5.82 Å². The first-order chi connectivity index (χ1) is 17.7. The zero-order valence-corrected chi connectivity index (χ0v) is 20.3. The second-order valence-corrected chi connectivity index (χ2v) is 9.36. The van der Waals surface area contributed by atoms with E-state index in [4.69, 9.17) is 0 Å². The summed E-state index contributed by atoms with van der Waals surface area (Å²) in [7, 11) is 0. The van der Waals surface area contributed by atoms with Gasteiger partial charge in [0.25, 0.3) is 0 Å². The first-order valence-corrected chi connectivity index (χ1v) is 12.6. The molecular weight excluding hydrogens is 447 g/mol. The average molecular weight is 479 g/mol. The summed E-state index contributed by atoms with van der Waals surface area (Å²) < 4.78 is 13.6. The number of benzene rings is 4. The minimum atomic E-state index is -0.229. The van der Waals surface area contributed by atoms with Crippen LogP contribution in [-0.4, -0.2) is 41.9 Å². The predicted octanol–water partition coefficient (Wildman–Crippen LogP) is 6.28. The summed E-state index contributed by atoms with van der Waals surface area (Å²) >= 11 is 0. The highest BCUT2D eigenvalue weighted by Crippen LogP contribution is 2.31. The normalized spacial score (nSPS) is 15.1. The van der Waals surface area contributed by atoms with Gasteiger partial charge in [-0.15, -0.1) is 0 Å². The quantitative estimate of drug-likeness (QED) is 0.312. The molecule has 1 heterocycles. The third-order valence-electron chi connectivity index (χ3n) is 7.12. The van der Waals surface area contributed by atoms with Crippen LogP contribution < -0.4 is 0 Å². The summed E-state index contributed by atoms with van der Waals surface area (Å²) in [4.78, 5) is 17.9. The maximum absolute atomic E-state index is 13.6.